The Hall–Kier alpha value is -1.89. The van der Waals surface area contributed by atoms with E-state index in [0.717, 1.165) is 10.0 Å². The number of piperidine rings is 1. The zero-order chi connectivity index (χ0) is 15.0. The second kappa shape index (κ2) is 5.48. The molecule has 2 saturated heterocycles. The average Bonchev–Trinajstić information content (AvgIpc) is 2.81. The van der Waals surface area contributed by atoms with Gasteiger partial charge in [-0.05, 0) is 24.1 Å². The van der Waals surface area contributed by atoms with Crippen LogP contribution in [0.4, 0.5) is 4.79 Å². The molecule has 0 aromatic heterocycles. The van der Waals surface area contributed by atoms with Crippen molar-refractivity contribution in [1.29, 1.82) is 0 Å². The van der Waals surface area contributed by atoms with E-state index >= 15 is 0 Å². The second-order valence-electron chi connectivity index (χ2n) is 5.05. The first-order chi connectivity index (χ1) is 10.0. The molecular weight excluding hydrogens is 340 g/mol. The predicted octanol–water partition coefficient (Wildman–Crippen LogP) is 1.75. The number of cyclic esters (lactones) is 1. The normalized spacial score (nSPS) is 25.8. The summed E-state index contributed by atoms with van der Waals surface area (Å²) in [5.74, 6) is -0.731. The summed E-state index contributed by atoms with van der Waals surface area (Å²) < 4.78 is 6.24. The van der Waals surface area contributed by atoms with Crippen molar-refractivity contribution in [2.75, 3.05) is 6.54 Å². The Kier molecular flexibility index (Phi) is 3.67. The van der Waals surface area contributed by atoms with Crippen LogP contribution < -0.4 is 5.32 Å². The largest absolute Gasteiger partial charge is 0.439 e. The highest BCUT2D eigenvalue weighted by Crippen LogP contribution is 2.30. The van der Waals surface area contributed by atoms with Gasteiger partial charge in [0.05, 0.1) is 6.54 Å². The van der Waals surface area contributed by atoms with E-state index in [1.165, 1.54) is 4.90 Å². The fourth-order valence-corrected chi connectivity index (χ4v) is 3.01. The fraction of sp³-hybridized carbons (Fsp3) is 0.357. The van der Waals surface area contributed by atoms with Crippen LogP contribution in [0.25, 0.3) is 0 Å². The maximum Gasteiger partial charge on any atom is 0.411 e. The Bertz CT molecular complexity index is 619. The van der Waals surface area contributed by atoms with Crippen molar-refractivity contribution < 1.29 is 19.1 Å². The minimum atomic E-state index is -0.632. The van der Waals surface area contributed by atoms with E-state index in [1.807, 2.05) is 24.3 Å². The minimum absolute atomic E-state index is 0.238. The van der Waals surface area contributed by atoms with Crippen LogP contribution in [0.3, 0.4) is 0 Å². The maximum absolute atomic E-state index is 12.0. The van der Waals surface area contributed by atoms with Crippen LogP contribution >= 0.6 is 15.9 Å². The first-order valence-corrected chi connectivity index (χ1v) is 7.40. The van der Waals surface area contributed by atoms with Crippen LogP contribution in [0, 0.1) is 0 Å². The van der Waals surface area contributed by atoms with Gasteiger partial charge in [-0.2, -0.15) is 0 Å². The van der Waals surface area contributed by atoms with Crippen molar-refractivity contribution in [3.8, 4) is 0 Å². The van der Waals surface area contributed by atoms with Gasteiger partial charge in [0, 0.05) is 10.9 Å². The number of nitrogens with one attached hydrogen (secondary N) is 1. The van der Waals surface area contributed by atoms with Crippen molar-refractivity contribution in [3.05, 3.63) is 34.3 Å². The van der Waals surface area contributed by atoms with Gasteiger partial charge in [0.25, 0.3) is 0 Å². The monoisotopic (exact) mass is 352 g/mol. The van der Waals surface area contributed by atoms with Crippen molar-refractivity contribution >= 4 is 33.8 Å². The van der Waals surface area contributed by atoms with Gasteiger partial charge in [0.1, 0.15) is 12.1 Å². The zero-order valence-corrected chi connectivity index (χ0v) is 12.6. The Morgan fingerprint density at radius 1 is 1.29 bits per heavy atom. The average molecular weight is 353 g/mol. The first kappa shape index (κ1) is 14.1. The maximum atomic E-state index is 12.0. The van der Waals surface area contributed by atoms with Crippen molar-refractivity contribution in [2.24, 2.45) is 0 Å². The minimum Gasteiger partial charge on any atom is -0.439 e. The van der Waals surface area contributed by atoms with Crippen LogP contribution in [0.2, 0.25) is 0 Å². The molecule has 1 aromatic carbocycles. The summed E-state index contributed by atoms with van der Waals surface area (Å²) in [7, 11) is 0. The smallest absolute Gasteiger partial charge is 0.411 e. The molecule has 0 bridgehead atoms. The number of hydrogen-bond donors (Lipinski definition) is 1. The van der Waals surface area contributed by atoms with Crippen LogP contribution in [-0.4, -0.2) is 35.4 Å². The van der Waals surface area contributed by atoms with Gasteiger partial charge in [-0.15, -0.1) is 0 Å². The molecule has 0 aliphatic carbocycles. The Balaban J connectivity index is 1.76. The standard InChI is InChI=1S/C14H13BrN2O4/c15-9-3-1-2-8(6-9)11-7-17(14(20)21-11)10-4-5-12(18)16-13(10)19/h1-3,6,10-11H,4-5,7H2,(H,16,18,19)/t10?,11-/m1/s1. The molecule has 0 radical (unpaired) electrons. The van der Waals surface area contributed by atoms with E-state index in [2.05, 4.69) is 21.2 Å². The molecule has 1 N–H and O–H groups in total. The second-order valence-corrected chi connectivity index (χ2v) is 5.96. The topological polar surface area (TPSA) is 75.7 Å². The van der Waals surface area contributed by atoms with Crippen LogP contribution in [0.1, 0.15) is 24.5 Å². The summed E-state index contributed by atoms with van der Waals surface area (Å²) >= 11 is 3.38. The Morgan fingerprint density at radius 3 is 2.81 bits per heavy atom. The molecule has 1 aromatic rings. The lowest BCUT2D eigenvalue weighted by Crippen LogP contribution is -2.52. The molecule has 2 aliphatic heterocycles. The molecule has 110 valence electrons. The highest BCUT2D eigenvalue weighted by atomic mass is 79.9. The third-order valence-corrected chi connectivity index (χ3v) is 4.14. The van der Waals surface area contributed by atoms with Crippen LogP contribution in [0.5, 0.6) is 0 Å². The number of carbonyl (C=O) groups excluding carboxylic acids is 3. The molecule has 2 fully saturated rings. The Labute approximate surface area is 129 Å². The van der Waals surface area contributed by atoms with E-state index in [4.69, 9.17) is 4.74 Å². The van der Waals surface area contributed by atoms with Crippen molar-refractivity contribution in [3.63, 3.8) is 0 Å². The summed E-state index contributed by atoms with van der Waals surface area (Å²) in [6, 6.07) is 6.87. The van der Waals surface area contributed by atoms with E-state index in [1.54, 1.807) is 0 Å². The lowest BCUT2D eigenvalue weighted by Gasteiger charge is -2.27. The Morgan fingerprint density at radius 2 is 2.10 bits per heavy atom. The number of halogens is 1. The number of amides is 3. The SMILES string of the molecule is O=C1CCC(N2C[C@H](c3cccc(Br)c3)OC2=O)C(=O)N1. The highest BCUT2D eigenvalue weighted by molar-refractivity contribution is 9.10. The van der Waals surface area contributed by atoms with E-state index in [-0.39, 0.29) is 12.3 Å². The third-order valence-electron chi connectivity index (χ3n) is 3.65. The van der Waals surface area contributed by atoms with Gasteiger partial charge in [-0.3, -0.25) is 19.8 Å². The van der Waals surface area contributed by atoms with E-state index in [9.17, 15) is 14.4 Å². The summed E-state index contributed by atoms with van der Waals surface area (Å²) in [5.41, 5.74) is 0.868. The molecule has 0 saturated carbocycles. The van der Waals surface area contributed by atoms with Crippen LogP contribution in [0.15, 0.2) is 28.7 Å². The molecule has 1 unspecified atom stereocenters. The quantitative estimate of drug-likeness (QED) is 0.822. The number of benzene rings is 1. The van der Waals surface area contributed by atoms with Gasteiger partial charge in [0.15, 0.2) is 0 Å². The summed E-state index contributed by atoms with van der Waals surface area (Å²) in [4.78, 5) is 36.4. The number of carbonyl (C=O) groups is 3. The molecule has 7 heteroatoms. The zero-order valence-electron chi connectivity index (χ0n) is 11.0. The lowest BCUT2D eigenvalue weighted by molar-refractivity contribution is -0.136. The van der Waals surface area contributed by atoms with Gasteiger partial charge < -0.3 is 4.74 Å². The summed E-state index contributed by atoms with van der Waals surface area (Å²) in [6.07, 6.45) is -0.345. The molecule has 3 rings (SSSR count). The molecule has 21 heavy (non-hydrogen) atoms. The lowest BCUT2D eigenvalue weighted by atomic mass is 10.0. The van der Waals surface area contributed by atoms with Gasteiger partial charge in [-0.25, -0.2) is 4.79 Å². The number of imide groups is 1. The van der Waals surface area contributed by atoms with Gasteiger partial charge in [-0.1, -0.05) is 28.1 Å². The molecule has 0 spiro atoms. The van der Waals surface area contributed by atoms with E-state index in [0.29, 0.717) is 13.0 Å². The molecule has 6 nitrogen and oxygen atoms in total. The van der Waals surface area contributed by atoms with Gasteiger partial charge in [0.2, 0.25) is 11.8 Å². The number of nitrogens with zero attached hydrogens (tertiary/aromatic N) is 1. The van der Waals surface area contributed by atoms with Crippen molar-refractivity contribution in [1.82, 2.24) is 10.2 Å². The summed E-state index contributed by atoms with van der Waals surface area (Å²) in [5, 5.41) is 2.26. The predicted molar refractivity (Wildman–Crippen MR) is 76.2 cm³/mol. The molecule has 2 atom stereocenters. The molecule has 2 aliphatic rings. The third kappa shape index (κ3) is 2.78. The molecule has 2 heterocycles. The summed E-state index contributed by atoms with van der Waals surface area (Å²) in [6.45, 7) is 0.307. The number of ether oxygens (including phenoxy) is 1. The van der Waals surface area contributed by atoms with Crippen LogP contribution in [-0.2, 0) is 14.3 Å². The highest BCUT2D eigenvalue weighted by Gasteiger charge is 2.41. The van der Waals surface area contributed by atoms with E-state index < -0.39 is 24.1 Å². The first-order valence-electron chi connectivity index (χ1n) is 6.61. The molecule has 3 amide bonds. The van der Waals surface area contributed by atoms with Gasteiger partial charge >= 0.3 is 6.09 Å². The molecular formula is C14H13BrN2O4. The number of rotatable bonds is 2. The fourth-order valence-electron chi connectivity index (χ4n) is 2.59. The number of hydrogen-bond acceptors (Lipinski definition) is 4. The van der Waals surface area contributed by atoms with Crippen molar-refractivity contribution in [2.45, 2.75) is 25.0 Å².